The first kappa shape index (κ1) is 27.8. The van der Waals surface area contributed by atoms with Gasteiger partial charge in [0.25, 0.3) is 0 Å². The summed E-state index contributed by atoms with van der Waals surface area (Å²) in [7, 11) is 1.62. The number of methoxy groups -OCH3 is 1. The molecule has 0 aliphatic heterocycles. The number of para-hydroxylation sites is 1. The number of nitrogens with zero attached hydrogens (tertiary/aromatic N) is 1. The number of ether oxygens (including phenoxy) is 2. The Bertz CT molecular complexity index is 1090. The van der Waals surface area contributed by atoms with Crippen LogP contribution in [-0.4, -0.2) is 43.0 Å². The zero-order valence-electron chi connectivity index (χ0n) is 21.9. The predicted octanol–water partition coefficient (Wildman–Crippen LogP) is 5.41. The van der Waals surface area contributed by atoms with Gasteiger partial charge in [0.15, 0.2) is 0 Å². The second-order valence-electron chi connectivity index (χ2n) is 8.99. The summed E-state index contributed by atoms with van der Waals surface area (Å²) in [5.41, 5.74) is 1.92. The molecule has 3 aromatic carbocycles. The molecule has 37 heavy (non-hydrogen) atoms. The van der Waals surface area contributed by atoms with Crippen molar-refractivity contribution in [1.82, 2.24) is 10.2 Å². The first-order valence-corrected chi connectivity index (χ1v) is 13.0. The fourth-order valence-corrected chi connectivity index (χ4v) is 4.10. The van der Waals surface area contributed by atoms with E-state index in [1.54, 1.807) is 12.0 Å². The van der Waals surface area contributed by atoms with E-state index in [0.717, 1.165) is 29.7 Å². The van der Waals surface area contributed by atoms with Crippen LogP contribution in [0, 0.1) is 0 Å². The molecule has 196 valence electrons. The summed E-state index contributed by atoms with van der Waals surface area (Å²) in [6.07, 6.45) is 3.15. The molecule has 1 atom stereocenters. The fraction of sp³-hybridized carbons (Fsp3) is 0.355. The van der Waals surface area contributed by atoms with E-state index in [1.165, 1.54) is 0 Å². The van der Waals surface area contributed by atoms with Crippen molar-refractivity contribution in [1.29, 1.82) is 0 Å². The highest BCUT2D eigenvalue weighted by Crippen LogP contribution is 2.19. The third-order valence-electron chi connectivity index (χ3n) is 6.13. The molecule has 3 aromatic rings. The molecule has 0 heterocycles. The van der Waals surface area contributed by atoms with Crippen molar-refractivity contribution >= 4 is 11.8 Å². The SMILES string of the molecule is CCCCNC(=O)[C@H](Cc1ccccc1)N(Cc1cccc(OC)c1)C(=O)CCCOc1ccccc1. The Hall–Kier alpha value is -3.80. The molecule has 0 aromatic heterocycles. The summed E-state index contributed by atoms with van der Waals surface area (Å²) in [6, 6.07) is 26.4. The topological polar surface area (TPSA) is 67.9 Å². The van der Waals surface area contributed by atoms with Gasteiger partial charge in [-0.1, -0.05) is 74.0 Å². The Balaban J connectivity index is 1.80. The molecule has 0 unspecified atom stereocenters. The zero-order valence-corrected chi connectivity index (χ0v) is 21.9. The minimum Gasteiger partial charge on any atom is -0.497 e. The van der Waals surface area contributed by atoms with Crippen LogP contribution in [-0.2, 0) is 22.6 Å². The van der Waals surface area contributed by atoms with E-state index < -0.39 is 6.04 Å². The summed E-state index contributed by atoms with van der Waals surface area (Å²) >= 11 is 0. The lowest BCUT2D eigenvalue weighted by molar-refractivity contribution is -0.141. The first-order valence-electron chi connectivity index (χ1n) is 13.0. The molecule has 0 radical (unpaired) electrons. The molecule has 0 fully saturated rings. The Kier molecular flexibility index (Phi) is 11.5. The number of carbonyl (C=O) groups excluding carboxylic acids is 2. The highest BCUT2D eigenvalue weighted by molar-refractivity contribution is 5.88. The fourth-order valence-electron chi connectivity index (χ4n) is 4.10. The number of hydrogen-bond donors (Lipinski definition) is 1. The van der Waals surface area contributed by atoms with E-state index in [-0.39, 0.29) is 18.2 Å². The van der Waals surface area contributed by atoms with Gasteiger partial charge in [0.1, 0.15) is 17.5 Å². The van der Waals surface area contributed by atoms with Crippen molar-refractivity contribution < 1.29 is 19.1 Å². The van der Waals surface area contributed by atoms with Crippen molar-refractivity contribution in [2.75, 3.05) is 20.3 Å². The summed E-state index contributed by atoms with van der Waals surface area (Å²) in [5.74, 6) is 1.29. The van der Waals surface area contributed by atoms with Gasteiger partial charge in [-0.05, 0) is 48.2 Å². The van der Waals surface area contributed by atoms with Crippen LogP contribution in [0.15, 0.2) is 84.9 Å². The van der Waals surface area contributed by atoms with Gasteiger partial charge >= 0.3 is 0 Å². The quantitative estimate of drug-likeness (QED) is 0.282. The first-order chi connectivity index (χ1) is 18.1. The van der Waals surface area contributed by atoms with Crippen LogP contribution in [0.25, 0.3) is 0 Å². The van der Waals surface area contributed by atoms with Crippen LogP contribution in [0.5, 0.6) is 11.5 Å². The summed E-state index contributed by atoms with van der Waals surface area (Å²) in [6.45, 7) is 3.42. The average molecular weight is 503 g/mol. The lowest BCUT2D eigenvalue weighted by Crippen LogP contribution is -2.50. The number of carbonyl (C=O) groups is 2. The number of amides is 2. The molecule has 1 N–H and O–H groups in total. The van der Waals surface area contributed by atoms with Crippen LogP contribution in [0.3, 0.4) is 0 Å². The highest BCUT2D eigenvalue weighted by Gasteiger charge is 2.30. The monoisotopic (exact) mass is 502 g/mol. The Morgan fingerprint density at radius 2 is 1.54 bits per heavy atom. The lowest BCUT2D eigenvalue weighted by atomic mass is 10.0. The van der Waals surface area contributed by atoms with E-state index in [4.69, 9.17) is 9.47 Å². The molecule has 3 rings (SSSR count). The maximum atomic E-state index is 13.6. The molecule has 0 spiro atoms. The van der Waals surface area contributed by atoms with Crippen molar-refractivity contribution in [2.45, 2.75) is 51.6 Å². The van der Waals surface area contributed by atoms with Crippen LogP contribution in [0.2, 0.25) is 0 Å². The molecule has 0 saturated heterocycles. The van der Waals surface area contributed by atoms with Crippen molar-refractivity contribution in [3.05, 3.63) is 96.1 Å². The largest absolute Gasteiger partial charge is 0.497 e. The van der Waals surface area contributed by atoms with Crippen LogP contribution in [0.4, 0.5) is 0 Å². The second-order valence-corrected chi connectivity index (χ2v) is 8.99. The number of unbranched alkanes of at least 4 members (excludes halogenated alkanes) is 1. The Morgan fingerprint density at radius 1 is 0.865 bits per heavy atom. The maximum absolute atomic E-state index is 13.6. The smallest absolute Gasteiger partial charge is 0.243 e. The van der Waals surface area contributed by atoms with Crippen LogP contribution < -0.4 is 14.8 Å². The van der Waals surface area contributed by atoms with Gasteiger partial charge in [-0.3, -0.25) is 9.59 Å². The number of benzene rings is 3. The maximum Gasteiger partial charge on any atom is 0.243 e. The summed E-state index contributed by atoms with van der Waals surface area (Å²) in [4.78, 5) is 28.8. The Morgan fingerprint density at radius 3 is 2.24 bits per heavy atom. The molecular formula is C31H38N2O4. The van der Waals surface area contributed by atoms with Gasteiger partial charge in [0, 0.05) is 25.9 Å². The minimum absolute atomic E-state index is 0.0777. The van der Waals surface area contributed by atoms with Gasteiger partial charge in [-0.15, -0.1) is 0 Å². The normalized spacial score (nSPS) is 11.4. The molecule has 0 saturated carbocycles. The van der Waals surface area contributed by atoms with Crippen molar-refractivity contribution in [3.8, 4) is 11.5 Å². The van der Waals surface area contributed by atoms with E-state index in [0.29, 0.717) is 38.3 Å². The predicted molar refractivity (Wildman–Crippen MR) is 147 cm³/mol. The minimum atomic E-state index is -0.631. The van der Waals surface area contributed by atoms with Gasteiger partial charge in [0.05, 0.1) is 13.7 Å². The Labute approximate surface area is 220 Å². The molecule has 0 aliphatic rings. The molecular weight excluding hydrogens is 464 g/mol. The highest BCUT2D eigenvalue weighted by atomic mass is 16.5. The van der Waals surface area contributed by atoms with E-state index in [9.17, 15) is 9.59 Å². The third-order valence-corrected chi connectivity index (χ3v) is 6.13. The summed E-state index contributed by atoms with van der Waals surface area (Å²) in [5, 5.41) is 3.05. The van der Waals surface area contributed by atoms with Crippen molar-refractivity contribution in [2.24, 2.45) is 0 Å². The second kappa shape index (κ2) is 15.3. The van der Waals surface area contributed by atoms with Crippen LogP contribution in [0.1, 0.15) is 43.7 Å². The van der Waals surface area contributed by atoms with E-state index in [1.807, 2.05) is 84.9 Å². The molecule has 6 heteroatoms. The third kappa shape index (κ3) is 9.30. The zero-order chi connectivity index (χ0) is 26.3. The van der Waals surface area contributed by atoms with E-state index >= 15 is 0 Å². The van der Waals surface area contributed by atoms with Gasteiger partial charge < -0.3 is 19.7 Å². The lowest BCUT2D eigenvalue weighted by Gasteiger charge is -2.32. The van der Waals surface area contributed by atoms with Gasteiger partial charge in [0.2, 0.25) is 11.8 Å². The number of rotatable bonds is 15. The molecule has 0 aliphatic carbocycles. The van der Waals surface area contributed by atoms with Crippen LogP contribution >= 0.6 is 0 Å². The van der Waals surface area contributed by atoms with Gasteiger partial charge in [-0.2, -0.15) is 0 Å². The number of hydrogen-bond acceptors (Lipinski definition) is 4. The summed E-state index contributed by atoms with van der Waals surface area (Å²) < 4.78 is 11.2. The standard InChI is InChI=1S/C31H38N2O4/c1-3-4-20-32-31(35)29(23-25-13-7-5-8-14-25)33(24-26-15-11-18-28(22-26)36-2)30(34)19-12-21-37-27-16-9-6-10-17-27/h5-11,13-18,22,29H,3-4,12,19-21,23-24H2,1-2H3,(H,32,35)/t29-/m0/s1. The van der Waals surface area contributed by atoms with Gasteiger partial charge in [-0.25, -0.2) is 0 Å². The molecule has 6 nitrogen and oxygen atoms in total. The average Bonchev–Trinajstić information content (AvgIpc) is 2.94. The number of nitrogens with one attached hydrogen (secondary N) is 1. The molecule has 2 amide bonds. The van der Waals surface area contributed by atoms with E-state index in [2.05, 4.69) is 12.2 Å². The molecule has 0 bridgehead atoms. The van der Waals surface area contributed by atoms with Crippen molar-refractivity contribution in [3.63, 3.8) is 0 Å².